The Balaban J connectivity index is 2.42. The molecule has 0 radical (unpaired) electrons. The summed E-state index contributed by atoms with van der Waals surface area (Å²) in [5.41, 5.74) is -5.74. The van der Waals surface area contributed by atoms with Gasteiger partial charge in [-0.2, -0.15) is 26.9 Å². The van der Waals surface area contributed by atoms with Crippen LogP contribution in [-0.2, 0) is 10.1 Å². The van der Waals surface area contributed by atoms with Crippen LogP contribution < -0.4 is 4.18 Å². The summed E-state index contributed by atoms with van der Waals surface area (Å²) >= 11 is 0. The van der Waals surface area contributed by atoms with E-state index in [1.807, 2.05) is 0 Å². The first kappa shape index (κ1) is 16.5. The first-order valence-corrected chi connectivity index (χ1v) is 7.06. The van der Waals surface area contributed by atoms with Crippen molar-refractivity contribution in [2.75, 3.05) is 0 Å². The van der Waals surface area contributed by atoms with E-state index in [-0.39, 0.29) is 17.0 Å². The number of aldehydes is 1. The summed E-state index contributed by atoms with van der Waals surface area (Å²) in [6.45, 7) is 0. The van der Waals surface area contributed by atoms with Crippen LogP contribution in [0.4, 0.5) is 13.2 Å². The second-order valence-electron chi connectivity index (χ2n) is 4.04. The fraction of sp³-hybridized carbons (Fsp3) is 0.0833. The summed E-state index contributed by atoms with van der Waals surface area (Å²) in [4.78, 5) is 10.5. The van der Waals surface area contributed by atoms with Gasteiger partial charge in [-0.15, -0.1) is 0 Å². The fourth-order valence-corrected chi connectivity index (χ4v) is 1.97. The molecule has 23 heavy (non-hydrogen) atoms. The molecule has 0 spiro atoms. The van der Waals surface area contributed by atoms with E-state index < -0.39 is 26.9 Å². The van der Waals surface area contributed by atoms with Gasteiger partial charge < -0.3 is 8.71 Å². The second-order valence-corrected chi connectivity index (χ2v) is 5.58. The van der Waals surface area contributed by atoms with Crippen molar-refractivity contribution in [1.29, 1.82) is 5.26 Å². The van der Waals surface area contributed by atoms with E-state index in [2.05, 4.69) is 13.9 Å². The molecular formula is C12H5F3N2O5S. The summed E-state index contributed by atoms with van der Waals surface area (Å²) in [5, 5.41) is 12.5. The first-order chi connectivity index (χ1) is 10.7. The number of carbonyl (C=O) groups is 1. The third kappa shape index (κ3) is 3.32. The van der Waals surface area contributed by atoms with Crippen molar-refractivity contribution in [2.45, 2.75) is 5.51 Å². The molecule has 0 unspecified atom stereocenters. The van der Waals surface area contributed by atoms with Gasteiger partial charge in [0.25, 0.3) is 0 Å². The Morgan fingerprint density at radius 1 is 1.30 bits per heavy atom. The molecule has 0 aliphatic carbocycles. The number of halogens is 3. The van der Waals surface area contributed by atoms with Gasteiger partial charge in [0, 0.05) is 11.6 Å². The maximum absolute atomic E-state index is 12.3. The van der Waals surface area contributed by atoms with Crippen LogP contribution in [0.3, 0.4) is 0 Å². The number of carbonyl (C=O) groups excluding carboxylic acids is 1. The summed E-state index contributed by atoms with van der Waals surface area (Å²) in [7, 11) is -5.89. The molecular weight excluding hydrogens is 341 g/mol. The molecule has 0 fully saturated rings. The Labute approximate surface area is 127 Å². The van der Waals surface area contributed by atoms with E-state index in [0.717, 1.165) is 18.2 Å². The van der Waals surface area contributed by atoms with E-state index in [0.29, 0.717) is 6.29 Å². The van der Waals surface area contributed by atoms with Crippen LogP contribution in [-0.4, -0.2) is 25.4 Å². The topological polar surface area (TPSA) is 110 Å². The lowest BCUT2D eigenvalue weighted by Crippen LogP contribution is -2.28. The van der Waals surface area contributed by atoms with E-state index >= 15 is 0 Å². The Bertz CT molecular complexity index is 896. The molecule has 1 heterocycles. The molecule has 0 aliphatic heterocycles. The molecule has 1 aromatic heterocycles. The van der Waals surface area contributed by atoms with Crippen LogP contribution in [0.5, 0.6) is 5.75 Å². The third-order valence-corrected chi connectivity index (χ3v) is 3.49. The molecule has 1 aromatic carbocycles. The number of alkyl halides is 3. The Kier molecular flexibility index (Phi) is 4.11. The monoisotopic (exact) mass is 346 g/mol. The zero-order valence-electron chi connectivity index (χ0n) is 10.9. The van der Waals surface area contributed by atoms with Crippen LogP contribution in [0, 0.1) is 11.3 Å². The van der Waals surface area contributed by atoms with Crippen LogP contribution in [0.1, 0.15) is 16.1 Å². The highest BCUT2D eigenvalue weighted by molar-refractivity contribution is 7.88. The number of aromatic nitrogens is 1. The molecule has 0 saturated heterocycles. The van der Waals surface area contributed by atoms with Gasteiger partial charge in [0.1, 0.15) is 11.8 Å². The largest absolute Gasteiger partial charge is 0.534 e. The molecule has 120 valence electrons. The Morgan fingerprint density at radius 2 is 2.00 bits per heavy atom. The van der Waals surface area contributed by atoms with Gasteiger partial charge >= 0.3 is 15.6 Å². The average molecular weight is 346 g/mol. The maximum atomic E-state index is 12.3. The lowest BCUT2D eigenvalue weighted by Gasteiger charge is -2.10. The number of benzene rings is 1. The van der Waals surface area contributed by atoms with Crippen molar-refractivity contribution in [2.24, 2.45) is 0 Å². The molecule has 0 bridgehead atoms. The SMILES string of the molecule is N#Cc1cc(-c2cc(C=O)on2)ccc1OS(=O)(=O)C(F)(F)F. The molecule has 11 heteroatoms. The van der Waals surface area contributed by atoms with Crippen LogP contribution in [0.25, 0.3) is 11.3 Å². The normalized spacial score (nSPS) is 11.7. The van der Waals surface area contributed by atoms with Crippen molar-refractivity contribution in [3.05, 3.63) is 35.6 Å². The van der Waals surface area contributed by atoms with Gasteiger partial charge in [-0.25, -0.2) is 0 Å². The molecule has 7 nitrogen and oxygen atoms in total. The predicted octanol–water partition coefficient (Wildman–Crippen LogP) is 2.25. The number of hydrogen-bond donors (Lipinski definition) is 0. The number of nitriles is 1. The van der Waals surface area contributed by atoms with Gasteiger partial charge in [0.05, 0.1) is 5.56 Å². The number of nitrogens with zero attached hydrogens (tertiary/aromatic N) is 2. The molecule has 0 amide bonds. The Morgan fingerprint density at radius 3 is 2.52 bits per heavy atom. The summed E-state index contributed by atoms with van der Waals surface area (Å²) in [5.74, 6) is -0.883. The number of rotatable bonds is 4. The average Bonchev–Trinajstić information content (AvgIpc) is 2.95. The van der Waals surface area contributed by atoms with Crippen LogP contribution in [0.15, 0.2) is 28.8 Å². The van der Waals surface area contributed by atoms with Gasteiger partial charge in [-0.05, 0) is 18.2 Å². The van der Waals surface area contributed by atoms with Crippen molar-refractivity contribution in [1.82, 2.24) is 5.16 Å². The fourth-order valence-electron chi connectivity index (χ4n) is 1.50. The third-order valence-electron chi connectivity index (χ3n) is 2.52. The molecule has 0 atom stereocenters. The van der Waals surface area contributed by atoms with E-state index in [9.17, 15) is 26.4 Å². The molecule has 0 saturated carbocycles. The maximum Gasteiger partial charge on any atom is 0.534 e. The summed E-state index contributed by atoms with van der Waals surface area (Å²) < 4.78 is 67.3. The standard InChI is InChI=1S/C12H5F3N2O5S/c13-12(14,15)23(19,20)22-11-2-1-7(3-8(11)5-16)10-4-9(6-18)21-17-10/h1-4,6H. The van der Waals surface area contributed by atoms with E-state index in [1.165, 1.54) is 12.1 Å². The minimum atomic E-state index is -5.89. The Hall–Kier alpha value is -2.87. The van der Waals surface area contributed by atoms with Crippen molar-refractivity contribution >= 4 is 16.4 Å². The first-order valence-electron chi connectivity index (χ1n) is 5.65. The van der Waals surface area contributed by atoms with E-state index in [4.69, 9.17) is 5.26 Å². The highest BCUT2D eigenvalue weighted by atomic mass is 32.2. The molecule has 0 N–H and O–H groups in total. The minimum absolute atomic E-state index is 0.0986. The van der Waals surface area contributed by atoms with E-state index in [1.54, 1.807) is 0 Å². The quantitative estimate of drug-likeness (QED) is 0.474. The van der Waals surface area contributed by atoms with Gasteiger partial charge in [0.15, 0.2) is 17.8 Å². The highest BCUT2D eigenvalue weighted by Gasteiger charge is 2.48. The predicted molar refractivity (Wildman–Crippen MR) is 67.6 cm³/mol. The van der Waals surface area contributed by atoms with Gasteiger partial charge in [0.2, 0.25) is 0 Å². The van der Waals surface area contributed by atoms with Gasteiger partial charge in [-0.1, -0.05) is 5.16 Å². The molecule has 0 aliphatic rings. The van der Waals surface area contributed by atoms with Gasteiger partial charge in [-0.3, -0.25) is 4.79 Å². The van der Waals surface area contributed by atoms with Crippen molar-refractivity contribution in [3.63, 3.8) is 0 Å². The lowest BCUT2D eigenvalue weighted by atomic mass is 10.1. The number of hydrogen-bond acceptors (Lipinski definition) is 7. The lowest BCUT2D eigenvalue weighted by molar-refractivity contribution is -0.0500. The zero-order chi connectivity index (χ0) is 17.3. The highest BCUT2D eigenvalue weighted by Crippen LogP contribution is 2.31. The van der Waals surface area contributed by atoms with Crippen molar-refractivity contribution in [3.8, 4) is 23.1 Å². The summed E-state index contributed by atoms with van der Waals surface area (Å²) in [6, 6.07) is 5.83. The summed E-state index contributed by atoms with van der Waals surface area (Å²) in [6.07, 6.45) is 0.384. The molecule has 2 rings (SSSR count). The zero-order valence-corrected chi connectivity index (χ0v) is 11.7. The van der Waals surface area contributed by atoms with Crippen molar-refractivity contribution < 1.29 is 35.1 Å². The minimum Gasteiger partial charge on any atom is -0.375 e. The van der Waals surface area contributed by atoms with Crippen LogP contribution in [0.2, 0.25) is 0 Å². The van der Waals surface area contributed by atoms with Crippen LogP contribution >= 0.6 is 0 Å². The smallest absolute Gasteiger partial charge is 0.375 e. The second kappa shape index (κ2) is 5.73. The molecule has 2 aromatic rings.